The van der Waals surface area contributed by atoms with Gasteiger partial charge < -0.3 is 10.1 Å². The molecule has 1 saturated heterocycles. The van der Waals surface area contributed by atoms with Gasteiger partial charge >= 0.3 is 18.9 Å². The minimum Gasteiger partial charge on any atom is -0.405 e. The van der Waals surface area contributed by atoms with Gasteiger partial charge in [0.05, 0.1) is 18.1 Å². The number of nitrogens with zero attached hydrogens (tertiary/aromatic N) is 3. The molecule has 12 heteroatoms. The maximum Gasteiger partial charge on any atom is 0.573 e. The normalized spacial score (nSPS) is 17.8. The van der Waals surface area contributed by atoms with Crippen molar-refractivity contribution in [2.24, 2.45) is 0 Å². The molecule has 0 radical (unpaired) electrons. The van der Waals surface area contributed by atoms with E-state index in [9.17, 15) is 31.5 Å². The number of alkyl halides is 5. The second-order valence-corrected chi connectivity index (χ2v) is 5.10. The summed E-state index contributed by atoms with van der Waals surface area (Å²) in [6.45, 7) is -2.98. The maximum absolute atomic E-state index is 12.6. The molecule has 0 spiro atoms. The summed E-state index contributed by atoms with van der Waals surface area (Å²) in [4.78, 5) is 25.1. The molecular formula is C14H9F5N4O3. The molecule has 1 unspecified atom stereocenters. The average Bonchev–Trinajstić information content (AvgIpc) is 3.11. The Labute approximate surface area is 141 Å². The highest BCUT2D eigenvalue weighted by Gasteiger charge is 2.43. The Morgan fingerprint density at radius 1 is 1.19 bits per heavy atom. The Morgan fingerprint density at radius 3 is 2.50 bits per heavy atom. The number of rotatable bonds is 4. The summed E-state index contributed by atoms with van der Waals surface area (Å²) < 4.78 is 66.8. The summed E-state index contributed by atoms with van der Waals surface area (Å²) >= 11 is 0. The van der Waals surface area contributed by atoms with E-state index in [1.165, 1.54) is 18.2 Å². The zero-order chi connectivity index (χ0) is 19.1. The third kappa shape index (κ3) is 3.30. The number of para-hydroxylation sites is 1. The fourth-order valence-electron chi connectivity index (χ4n) is 2.42. The molecule has 1 aliphatic heterocycles. The highest BCUT2D eigenvalue weighted by molar-refractivity contribution is 6.21. The quantitative estimate of drug-likeness (QED) is 0.658. The average molecular weight is 376 g/mol. The minimum absolute atomic E-state index is 0.226. The van der Waals surface area contributed by atoms with Crippen molar-refractivity contribution in [1.82, 2.24) is 15.1 Å². The van der Waals surface area contributed by atoms with Crippen molar-refractivity contribution in [3.63, 3.8) is 0 Å². The molecule has 0 bridgehead atoms. The highest BCUT2D eigenvalue weighted by atomic mass is 19.4. The number of amides is 3. The van der Waals surface area contributed by atoms with Crippen LogP contribution < -0.4 is 15.0 Å². The Morgan fingerprint density at radius 2 is 1.88 bits per heavy atom. The van der Waals surface area contributed by atoms with Gasteiger partial charge in [-0.2, -0.15) is 13.9 Å². The monoisotopic (exact) mass is 376 g/mol. The van der Waals surface area contributed by atoms with E-state index in [-0.39, 0.29) is 15.9 Å². The van der Waals surface area contributed by atoms with E-state index in [4.69, 9.17) is 0 Å². The molecule has 1 fully saturated rings. The Hall–Kier alpha value is -3.18. The lowest BCUT2D eigenvalue weighted by molar-refractivity contribution is -0.275. The van der Waals surface area contributed by atoms with Crippen LogP contribution in [-0.4, -0.2) is 28.1 Å². The summed E-state index contributed by atoms with van der Waals surface area (Å²) in [6, 6.07) is 2.31. The van der Waals surface area contributed by atoms with Gasteiger partial charge in [0.2, 0.25) is 0 Å². The van der Waals surface area contributed by atoms with Crippen molar-refractivity contribution in [2.75, 3.05) is 4.90 Å². The Balaban J connectivity index is 1.92. The van der Waals surface area contributed by atoms with Crippen molar-refractivity contribution < 1.29 is 36.3 Å². The van der Waals surface area contributed by atoms with E-state index < -0.39 is 36.6 Å². The Bertz CT molecular complexity index is 851. The topological polar surface area (TPSA) is 76.5 Å². The van der Waals surface area contributed by atoms with Crippen molar-refractivity contribution in [1.29, 1.82) is 0 Å². The van der Waals surface area contributed by atoms with Gasteiger partial charge in [0.1, 0.15) is 11.8 Å². The van der Waals surface area contributed by atoms with Crippen LogP contribution in [0.1, 0.15) is 18.2 Å². The summed E-state index contributed by atoms with van der Waals surface area (Å²) in [7, 11) is 0. The van der Waals surface area contributed by atoms with Crippen molar-refractivity contribution >= 4 is 17.6 Å². The van der Waals surface area contributed by atoms with Crippen LogP contribution in [0.15, 0.2) is 36.7 Å². The maximum atomic E-state index is 12.6. The third-order valence-electron chi connectivity index (χ3n) is 3.44. The summed E-state index contributed by atoms with van der Waals surface area (Å²) in [5, 5.41) is 5.51. The summed E-state index contributed by atoms with van der Waals surface area (Å²) in [5.41, 5.74) is -0.476. The molecule has 2 heterocycles. The molecule has 0 aliphatic carbocycles. The van der Waals surface area contributed by atoms with E-state index in [2.05, 4.69) is 15.2 Å². The molecule has 1 aromatic carbocycles. The molecular weight excluding hydrogens is 367 g/mol. The molecule has 1 aliphatic rings. The van der Waals surface area contributed by atoms with Crippen LogP contribution in [0.4, 0.5) is 32.4 Å². The van der Waals surface area contributed by atoms with Crippen LogP contribution in [-0.2, 0) is 4.79 Å². The van der Waals surface area contributed by atoms with E-state index >= 15 is 0 Å². The molecule has 3 rings (SSSR count). The fourth-order valence-corrected chi connectivity index (χ4v) is 2.42. The number of aromatic nitrogens is 2. The standard InChI is InChI=1S/C14H9F5N4O3/c15-12(16)22-6-7(5-20-22)23-11(24)10(21-13(23)25)8-3-1-2-4-9(8)26-14(17,18)19/h1-6,10,12H,(H,21,25). The molecule has 7 nitrogen and oxygen atoms in total. The van der Waals surface area contributed by atoms with Crippen LogP contribution in [0.3, 0.4) is 0 Å². The van der Waals surface area contributed by atoms with Gasteiger partial charge in [0.15, 0.2) is 0 Å². The van der Waals surface area contributed by atoms with Crippen LogP contribution in [0.25, 0.3) is 0 Å². The highest BCUT2D eigenvalue weighted by Crippen LogP contribution is 2.34. The van der Waals surface area contributed by atoms with E-state index in [0.717, 1.165) is 18.5 Å². The first-order chi connectivity index (χ1) is 12.2. The number of hydrogen-bond donors (Lipinski definition) is 1. The largest absolute Gasteiger partial charge is 0.573 e. The lowest BCUT2D eigenvalue weighted by Crippen LogP contribution is -2.30. The van der Waals surface area contributed by atoms with Crippen LogP contribution in [0, 0.1) is 0 Å². The third-order valence-corrected chi connectivity index (χ3v) is 3.44. The minimum atomic E-state index is -5.00. The van der Waals surface area contributed by atoms with Crippen LogP contribution in [0.5, 0.6) is 5.75 Å². The molecule has 1 aromatic heterocycles. The van der Waals surface area contributed by atoms with Gasteiger partial charge in [-0.05, 0) is 6.07 Å². The number of benzene rings is 1. The number of urea groups is 1. The summed E-state index contributed by atoms with van der Waals surface area (Å²) in [5.74, 6) is -1.62. The number of ether oxygens (including phenoxy) is 1. The van der Waals surface area contributed by atoms with Gasteiger partial charge in [-0.15, -0.1) is 13.2 Å². The number of halogens is 5. The smallest absolute Gasteiger partial charge is 0.405 e. The van der Waals surface area contributed by atoms with Gasteiger partial charge in [0, 0.05) is 5.56 Å². The first-order valence-corrected chi connectivity index (χ1v) is 6.99. The predicted molar refractivity (Wildman–Crippen MR) is 75.4 cm³/mol. The molecule has 2 aromatic rings. The number of carbonyl (C=O) groups excluding carboxylic acids is 2. The van der Waals surface area contributed by atoms with E-state index in [1.54, 1.807) is 0 Å². The van der Waals surface area contributed by atoms with Gasteiger partial charge in [0.25, 0.3) is 5.91 Å². The van der Waals surface area contributed by atoms with Crippen molar-refractivity contribution in [3.8, 4) is 5.75 Å². The van der Waals surface area contributed by atoms with E-state index in [1.807, 2.05) is 0 Å². The second-order valence-electron chi connectivity index (χ2n) is 5.10. The fraction of sp³-hybridized carbons (Fsp3) is 0.214. The first-order valence-electron chi connectivity index (χ1n) is 6.99. The molecule has 1 N–H and O–H groups in total. The van der Waals surface area contributed by atoms with Gasteiger partial charge in [-0.3, -0.25) is 4.79 Å². The van der Waals surface area contributed by atoms with Crippen LogP contribution >= 0.6 is 0 Å². The number of nitrogens with one attached hydrogen (secondary N) is 1. The predicted octanol–water partition coefficient (Wildman–Crippen LogP) is 2.97. The molecule has 138 valence electrons. The summed E-state index contributed by atoms with van der Waals surface area (Å²) in [6.07, 6.45) is -3.37. The van der Waals surface area contributed by atoms with Crippen molar-refractivity contribution in [2.45, 2.75) is 19.0 Å². The van der Waals surface area contributed by atoms with E-state index in [0.29, 0.717) is 4.90 Å². The van der Waals surface area contributed by atoms with Gasteiger partial charge in [-0.25, -0.2) is 14.4 Å². The molecule has 0 saturated carbocycles. The van der Waals surface area contributed by atoms with Gasteiger partial charge in [-0.1, -0.05) is 18.2 Å². The number of carbonyl (C=O) groups is 2. The first kappa shape index (κ1) is 17.6. The number of imide groups is 1. The lowest BCUT2D eigenvalue weighted by Gasteiger charge is -2.16. The zero-order valence-corrected chi connectivity index (χ0v) is 12.6. The zero-order valence-electron chi connectivity index (χ0n) is 12.6. The molecule has 3 amide bonds. The molecule has 1 atom stereocenters. The second kappa shape index (κ2) is 6.28. The number of anilines is 1. The molecule has 26 heavy (non-hydrogen) atoms. The van der Waals surface area contributed by atoms with Crippen molar-refractivity contribution in [3.05, 3.63) is 42.2 Å². The lowest BCUT2D eigenvalue weighted by atomic mass is 10.1. The number of hydrogen-bond acceptors (Lipinski definition) is 4. The van der Waals surface area contributed by atoms with Crippen LogP contribution in [0.2, 0.25) is 0 Å². The SMILES string of the molecule is O=C1NC(c2ccccc2OC(F)(F)F)C(=O)N1c1cnn(C(F)F)c1. The Kier molecular flexibility index (Phi) is 4.26.